The van der Waals surface area contributed by atoms with Gasteiger partial charge in [-0.05, 0) is 24.3 Å². The molecule has 0 aliphatic rings. The van der Waals surface area contributed by atoms with Crippen molar-refractivity contribution in [1.29, 1.82) is 0 Å². The Balaban J connectivity index is 3.06. The van der Waals surface area contributed by atoms with Crippen LogP contribution in [0, 0.1) is 5.82 Å². The highest BCUT2D eigenvalue weighted by molar-refractivity contribution is 7.92. The molecule has 17 heavy (non-hydrogen) atoms. The number of hydrogen-bond donors (Lipinski definition) is 2. The molecule has 0 radical (unpaired) electrons. The van der Waals surface area contributed by atoms with Gasteiger partial charge in [-0.25, -0.2) is 17.6 Å². The highest BCUT2D eigenvalue weighted by Crippen LogP contribution is 2.17. The molecule has 0 amide bonds. The Morgan fingerprint density at radius 2 is 2.12 bits per heavy atom. The van der Waals surface area contributed by atoms with Gasteiger partial charge < -0.3 is 5.11 Å². The van der Waals surface area contributed by atoms with Gasteiger partial charge in [-0.2, -0.15) is 0 Å². The average molecular weight is 259 g/mol. The molecule has 0 bridgehead atoms. The molecular formula is C10H10FNO4S. The van der Waals surface area contributed by atoms with Crippen LogP contribution in [0.1, 0.15) is 5.56 Å². The molecule has 5 nitrogen and oxygen atoms in total. The Morgan fingerprint density at radius 3 is 2.65 bits per heavy atom. The lowest BCUT2D eigenvalue weighted by atomic mass is 10.2. The summed E-state index contributed by atoms with van der Waals surface area (Å²) in [4.78, 5) is 10.3. The summed E-state index contributed by atoms with van der Waals surface area (Å²) in [6, 6.07) is 3.50. The van der Waals surface area contributed by atoms with Gasteiger partial charge in [0.25, 0.3) is 0 Å². The highest BCUT2D eigenvalue weighted by Gasteiger charge is 2.05. The summed E-state index contributed by atoms with van der Waals surface area (Å²) in [6.45, 7) is 0. The van der Waals surface area contributed by atoms with Crippen LogP contribution in [-0.2, 0) is 14.8 Å². The zero-order valence-electron chi connectivity index (χ0n) is 8.84. The van der Waals surface area contributed by atoms with Crippen molar-refractivity contribution in [2.75, 3.05) is 11.0 Å². The van der Waals surface area contributed by atoms with Gasteiger partial charge in [-0.1, -0.05) is 0 Å². The second kappa shape index (κ2) is 4.96. The zero-order chi connectivity index (χ0) is 13.1. The largest absolute Gasteiger partial charge is 0.478 e. The molecule has 0 aliphatic carbocycles. The van der Waals surface area contributed by atoms with Crippen LogP contribution in [0.25, 0.3) is 6.08 Å². The Hall–Kier alpha value is -1.89. The molecule has 0 spiro atoms. The quantitative estimate of drug-likeness (QED) is 0.798. The lowest BCUT2D eigenvalue weighted by Gasteiger charge is -2.05. The Bertz CT molecular complexity index is 566. The first-order valence-corrected chi connectivity index (χ1v) is 6.35. The van der Waals surface area contributed by atoms with Crippen LogP contribution in [0.15, 0.2) is 24.3 Å². The standard InChI is InChI=1S/C10H10FNO4S/c1-17(15,16)12-8-3-4-9(11)7(6-8)2-5-10(13)14/h2-6,12H,1H3,(H,13,14)/b5-2+. The van der Waals surface area contributed by atoms with Crippen molar-refractivity contribution in [3.8, 4) is 0 Å². The first kappa shape index (κ1) is 13.2. The van der Waals surface area contributed by atoms with Crippen LogP contribution in [0.2, 0.25) is 0 Å². The molecule has 1 aromatic rings. The van der Waals surface area contributed by atoms with Gasteiger partial charge in [-0.3, -0.25) is 4.72 Å². The molecule has 0 aliphatic heterocycles. The van der Waals surface area contributed by atoms with Gasteiger partial charge in [0.05, 0.1) is 6.26 Å². The van der Waals surface area contributed by atoms with Crippen LogP contribution in [0.5, 0.6) is 0 Å². The summed E-state index contributed by atoms with van der Waals surface area (Å²) < 4.78 is 37.3. The fourth-order valence-corrected chi connectivity index (χ4v) is 1.67. The number of halogens is 1. The minimum absolute atomic E-state index is 0.0129. The molecule has 0 fully saturated rings. The Morgan fingerprint density at radius 1 is 1.47 bits per heavy atom. The fraction of sp³-hybridized carbons (Fsp3) is 0.100. The first-order valence-electron chi connectivity index (χ1n) is 4.46. The smallest absolute Gasteiger partial charge is 0.328 e. The monoisotopic (exact) mass is 259 g/mol. The van der Waals surface area contributed by atoms with Crippen LogP contribution < -0.4 is 4.72 Å². The zero-order valence-corrected chi connectivity index (χ0v) is 9.66. The SMILES string of the molecule is CS(=O)(=O)Nc1ccc(F)c(/C=C/C(=O)O)c1. The molecule has 0 saturated carbocycles. The molecule has 1 aromatic carbocycles. The van der Waals surface area contributed by atoms with Crippen LogP contribution >= 0.6 is 0 Å². The first-order chi connectivity index (χ1) is 7.78. The summed E-state index contributed by atoms with van der Waals surface area (Å²) >= 11 is 0. The summed E-state index contributed by atoms with van der Waals surface area (Å²) in [7, 11) is -3.45. The summed E-state index contributed by atoms with van der Waals surface area (Å²) in [5, 5.41) is 8.40. The molecule has 0 atom stereocenters. The number of carboxylic acid groups (broad SMARTS) is 1. The van der Waals surface area contributed by atoms with E-state index in [2.05, 4.69) is 4.72 Å². The van der Waals surface area contributed by atoms with Gasteiger partial charge in [0.15, 0.2) is 0 Å². The van der Waals surface area contributed by atoms with Gasteiger partial charge >= 0.3 is 5.97 Å². The molecule has 0 unspecified atom stereocenters. The number of benzene rings is 1. The van der Waals surface area contributed by atoms with E-state index in [1.807, 2.05) is 0 Å². The van der Waals surface area contributed by atoms with E-state index in [0.717, 1.165) is 24.5 Å². The molecule has 1 rings (SSSR count). The van der Waals surface area contributed by atoms with E-state index >= 15 is 0 Å². The van der Waals surface area contributed by atoms with E-state index in [-0.39, 0.29) is 11.3 Å². The number of carbonyl (C=O) groups is 1. The molecular weight excluding hydrogens is 249 g/mol. The molecule has 0 heterocycles. The highest BCUT2D eigenvalue weighted by atomic mass is 32.2. The summed E-state index contributed by atoms with van der Waals surface area (Å²) in [5.41, 5.74) is 0.153. The number of anilines is 1. The van der Waals surface area contributed by atoms with Crippen LogP contribution in [-0.4, -0.2) is 25.7 Å². The van der Waals surface area contributed by atoms with Crippen molar-refractivity contribution in [2.24, 2.45) is 0 Å². The maximum atomic E-state index is 13.2. The van der Waals surface area contributed by atoms with Crippen molar-refractivity contribution in [3.63, 3.8) is 0 Å². The third-order valence-electron chi connectivity index (χ3n) is 1.70. The predicted molar refractivity (Wildman–Crippen MR) is 61.5 cm³/mol. The summed E-state index contributed by atoms with van der Waals surface area (Å²) in [5.74, 6) is -1.85. The minimum atomic E-state index is -3.45. The van der Waals surface area contributed by atoms with Crippen molar-refractivity contribution in [3.05, 3.63) is 35.7 Å². The van der Waals surface area contributed by atoms with Crippen molar-refractivity contribution >= 4 is 27.8 Å². The maximum absolute atomic E-state index is 13.2. The minimum Gasteiger partial charge on any atom is -0.478 e. The third kappa shape index (κ3) is 4.64. The maximum Gasteiger partial charge on any atom is 0.328 e. The van der Waals surface area contributed by atoms with E-state index in [1.54, 1.807) is 0 Å². The fourth-order valence-electron chi connectivity index (χ4n) is 1.11. The number of sulfonamides is 1. The Labute approximate surface area is 97.6 Å². The van der Waals surface area contributed by atoms with Gasteiger partial charge in [0, 0.05) is 17.3 Å². The van der Waals surface area contributed by atoms with Crippen molar-refractivity contribution in [2.45, 2.75) is 0 Å². The van der Waals surface area contributed by atoms with Gasteiger partial charge in [-0.15, -0.1) is 0 Å². The van der Waals surface area contributed by atoms with E-state index < -0.39 is 21.8 Å². The van der Waals surface area contributed by atoms with Crippen molar-refractivity contribution < 1.29 is 22.7 Å². The van der Waals surface area contributed by atoms with Gasteiger partial charge in [0.2, 0.25) is 10.0 Å². The third-order valence-corrected chi connectivity index (χ3v) is 2.31. The van der Waals surface area contributed by atoms with Crippen LogP contribution in [0.3, 0.4) is 0 Å². The molecule has 0 aromatic heterocycles. The number of aliphatic carboxylic acids is 1. The molecule has 92 valence electrons. The second-order valence-electron chi connectivity index (χ2n) is 3.28. The van der Waals surface area contributed by atoms with Crippen LogP contribution in [0.4, 0.5) is 10.1 Å². The topological polar surface area (TPSA) is 83.5 Å². The predicted octanol–water partition coefficient (Wildman–Crippen LogP) is 1.29. The Kier molecular flexibility index (Phi) is 3.84. The number of rotatable bonds is 4. The lowest BCUT2D eigenvalue weighted by Crippen LogP contribution is -2.09. The number of nitrogens with one attached hydrogen (secondary N) is 1. The van der Waals surface area contributed by atoms with Crippen molar-refractivity contribution in [1.82, 2.24) is 0 Å². The van der Waals surface area contributed by atoms with E-state index in [9.17, 15) is 17.6 Å². The number of carboxylic acids is 1. The lowest BCUT2D eigenvalue weighted by molar-refractivity contribution is -0.131. The molecule has 2 N–H and O–H groups in total. The average Bonchev–Trinajstić information content (AvgIpc) is 2.16. The second-order valence-corrected chi connectivity index (χ2v) is 5.03. The summed E-state index contributed by atoms with van der Waals surface area (Å²) in [6.07, 6.45) is 2.77. The van der Waals surface area contributed by atoms with Gasteiger partial charge in [0.1, 0.15) is 5.82 Å². The van der Waals surface area contributed by atoms with E-state index in [0.29, 0.717) is 0 Å². The molecule has 0 saturated heterocycles. The van der Waals surface area contributed by atoms with E-state index in [4.69, 9.17) is 5.11 Å². The van der Waals surface area contributed by atoms with E-state index in [1.165, 1.54) is 12.1 Å². The number of hydrogen-bond acceptors (Lipinski definition) is 3. The normalized spacial score (nSPS) is 11.6. The molecule has 7 heteroatoms.